The fraction of sp³-hybridized carbons (Fsp3) is 0.462. The van der Waals surface area contributed by atoms with Gasteiger partial charge in [0.1, 0.15) is 0 Å². The topological polar surface area (TPSA) is 104 Å². The van der Waals surface area contributed by atoms with Crippen molar-refractivity contribution in [2.75, 3.05) is 0 Å². The molecule has 3 N–H and O–H groups in total. The Morgan fingerprint density at radius 1 is 1.26 bits per heavy atom. The minimum Gasteiger partial charge on any atom is -0.481 e. The molecule has 0 aromatic heterocycles. The lowest BCUT2D eigenvalue weighted by Crippen LogP contribution is -2.43. The van der Waals surface area contributed by atoms with E-state index in [1.54, 1.807) is 0 Å². The summed E-state index contributed by atoms with van der Waals surface area (Å²) >= 11 is 0. The Balaban J connectivity index is 4.94. The van der Waals surface area contributed by atoms with Gasteiger partial charge in [-0.1, -0.05) is 13.5 Å². The van der Waals surface area contributed by atoms with E-state index >= 15 is 0 Å². The molecule has 0 aliphatic rings. The molecule has 0 bridgehead atoms. The van der Waals surface area contributed by atoms with Crippen molar-refractivity contribution in [2.45, 2.75) is 39.2 Å². The zero-order valence-corrected chi connectivity index (χ0v) is 11.3. The molecule has 0 aliphatic heterocycles. The van der Waals surface area contributed by atoms with Crippen molar-refractivity contribution in [3.63, 3.8) is 0 Å². The van der Waals surface area contributed by atoms with Crippen LogP contribution in [-0.2, 0) is 14.4 Å². The maximum atomic E-state index is 11.8. The Kier molecular flexibility index (Phi) is 5.98. The van der Waals surface area contributed by atoms with Gasteiger partial charge in [0.05, 0.1) is 6.42 Å². The fourth-order valence-electron chi connectivity index (χ4n) is 1.10. The summed E-state index contributed by atoms with van der Waals surface area (Å²) in [5, 5.41) is 20.1. The second-order valence-electron chi connectivity index (χ2n) is 4.76. The average Bonchev–Trinajstić information content (AvgIpc) is 2.26. The van der Waals surface area contributed by atoms with Gasteiger partial charge in [0.25, 0.3) is 5.91 Å². The first-order valence-electron chi connectivity index (χ1n) is 5.76. The molecule has 0 radical (unpaired) electrons. The summed E-state index contributed by atoms with van der Waals surface area (Å²) in [5.41, 5.74) is -0.911. The van der Waals surface area contributed by atoms with Gasteiger partial charge in [-0.2, -0.15) is 0 Å². The largest absolute Gasteiger partial charge is 0.481 e. The summed E-state index contributed by atoms with van der Waals surface area (Å²) in [6.07, 6.45) is 1.01. The Bertz CT molecular complexity index is 434. The molecule has 6 nitrogen and oxygen atoms in total. The van der Waals surface area contributed by atoms with Crippen LogP contribution in [-0.4, -0.2) is 33.6 Å². The Hall–Kier alpha value is -2.11. The third kappa shape index (κ3) is 6.40. The highest BCUT2D eigenvalue weighted by Gasteiger charge is 2.20. The molecule has 0 saturated heterocycles. The van der Waals surface area contributed by atoms with E-state index < -0.39 is 29.8 Å². The average molecular weight is 269 g/mol. The Morgan fingerprint density at radius 3 is 2.16 bits per heavy atom. The molecule has 0 spiro atoms. The van der Waals surface area contributed by atoms with E-state index in [1.807, 2.05) is 20.8 Å². The molecule has 0 unspecified atom stereocenters. The van der Waals surface area contributed by atoms with E-state index in [-0.39, 0.29) is 11.1 Å². The first kappa shape index (κ1) is 16.9. The van der Waals surface area contributed by atoms with Crippen molar-refractivity contribution >= 4 is 17.8 Å². The lowest BCUT2D eigenvalue weighted by Gasteiger charge is -2.24. The van der Waals surface area contributed by atoms with Gasteiger partial charge in [-0.05, 0) is 26.3 Å². The molecule has 0 rings (SSSR count). The predicted molar refractivity (Wildman–Crippen MR) is 69.6 cm³/mol. The third-order valence-corrected chi connectivity index (χ3v) is 2.59. The van der Waals surface area contributed by atoms with Crippen LogP contribution >= 0.6 is 0 Å². The lowest BCUT2D eigenvalue weighted by atomic mass is 10.0. The molecule has 106 valence electrons. The Labute approximate surface area is 111 Å². The van der Waals surface area contributed by atoms with Crippen LogP contribution in [0.25, 0.3) is 0 Å². The van der Waals surface area contributed by atoms with Gasteiger partial charge >= 0.3 is 11.9 Å². The molecule has 19 heavy (non-hydrogen) atoms. The normalized spacial score (nSPS) is 11.8. The number of aliphatic carboxylic acids is 2. The summed E-state index contributed by atoms with van der Waals surface area (Å²) in [4.78, 5) is 33.1. The van der Waals surface area contributed by atoms with Crippen LogP contribution in [0.2, 0.25) is 0 Å². The predicted octanol–water partition coefficient (Wildman–Crippen LogP) is 1.33. The maximum Gasteiger partial charge on any atom is 0.332 e. The zero-order chi connectivity index (χ0) is 15.2. The van der Waals surface area contributed by atoms with Crippen molar-refractivity contribution < 1.29 is 24.6 Å². The molecular formula is C13H19NO5. The van der Waals surface area contributed by atoms with Crippen LogP contribution in [0.1, 0.15) is 33.6 Å². The molecule has 0 saturated carbocycles. The van der Waals surface area contributed by atoms with E-state index in [0.29, 0.717) is 6.42 Å². The molecule has 0 aromatic rings. The lowest BCUT2D eigenvalue weighted by molar-refractivity contribution is -0.139. The second-order valence-corrected chi connectivity index (χ2v) is 4.76. The van der Waals surface area contributed by atoms with Gasteiger partial charge in [-0.25, -0.2) is 4.79 Å². The molecule has 0 aromatic carbocycles. The smallest absolute Gasteiger partial charge is 0.332 e. The van der Waals surface area contributed by atoms with Crippen molar-refractivity contribution in [3.05, 3.63) is 23.8 Å². The number of carboxylic acid groups (broad SMARTS) is 2. The fourth-order valence-corrected chi connectivity index (χ4v) is 1.10. The first-order chi connectivity index (χ1) is 8.59. The number of amides is 1. The van der Waals surface area contributed by atoms with E-state index in [4.69, 9.17) is 10.2 Å². The van der Waals surface area contributed by atoms with Crippen LogP contribution < -0.4 is 5.32 Å². The van der Waals surface area contributed by atoms with E-state index in [2.05, 4.69) is 11.9 Å². The van der Waals surface area contributed by atoms with Crippen LogP contribution in [0, 0.1) is 0 Å². The van der Waals surface area contributed by atoms with Crippen LogP contribution in [0.15, 0.2) is 23.8 Å². The van der Waals surface area contributed by atoms with E-state index in [9.17, 15) is 14.4 Å². The standard InChI is InChI=1S/C13H19NO5/c1-5-13(3,4)14-11(17)8(2)6-9(12(18)19)7-10(15)16/h6H,2,5,7H2,1,3-4H3,(H,14,17)(H,15,16)(H,18,19). The van der Waals surface area contributed by atoms with Gasteiger partial charge in [0.15, 0.2) is 0 Å². The van der Waals surface area contributed by atoms with Gasteiger partial charge in [-0.3, -0.25) is 9.59 Å². The number of rotatable bonds is 7. The summed E-state index contributed by atoms with van der Waals surface area (Å²) in [5.74, 6) is -3.18. The quantitative estimate of drug-likeness (QED) is 0.478. The summed E-state index contributed by atoms with van der Waals surface area (Å²) < 4.78 is 0. The molecule has 0 heterocycles. The van der Waals surface area contributed by atoms with Crippen molar-refractivity contribution in [2.24, 2.45) is 0 Å². The summed E-state index contributed by atoms with van der Waals surface area (Å²) in [6, 6.07) is 0. The molecule has 0 fully saturated rings. The maximum absolute atomic E-state index is 11.8. The molecule has 0 aliphatic carbocycles. The summed E-state index contributed by atoms with van der Waals surface area (Å²) in [6.45, 7) is 8.99. The highest BCUT2D eigenvalue weighted by Crippen LogP contribution is 2.11. The highest BCUT2D eigenvalue weighted by molar-refractivity contribution is 6.00. The van der Waals surface area contributed by atoms with Gasteiger partial charge < -0.3 is 15.5 Å². The number of carboxylic acids is 2. The monoisotopic (exact) mass is 269 g/mol. The SMILES string of the molecule is C=C(C=C(CC(=O)O)C(=O)O)C(=O)NC(C)(C)CC. The second kappa shape index (κ2) is 6.72. The van der Waals surface area contributed by atoms with Crippen molar-refractivity contribution in [3.8, 4) is 0 Å². The molecular weight excluding hydrogens is 250 g/mol. The number of nitrogens with one attached hydrogen (secondary N) is 1. The summed E-state index contributed by atoms with van der Waals surface area (Å²) in [7, 11) is 0. The number of hydrogen-bond donors (Lipinski definition) is 3. The third-order valence-electron chi connectivity index (χ3n) is 2.59. The number of carbonyl (C=O) groups excluding carboxylic acids is 1. The van der Waals surface area contributed by atoms with Gasteiger partial charge in [0, 0.05) is 16.7 Å². The number of carbonyl (C=O) groups is 3. The molecule has 1 amide bonds. The highest BCUT2D eigenvalue weighted by atomic mass is 16.4. The zero-order valence-electron chi connectivity index (χ0n) is 11.3. The van der Waals surface area contributed by atoms with Gasteiger partial charge in [0.2, 0.25) is 0 Å². The number of hydrogen-bond acceptors (Lipinski definition) is 3. The Morgan fingerprint density at radius 2 is 1.79 bits per heavy atom. The molecule has 0 atom stereocenters. The molecule has 6 heteroatoms. The first-order valence-corrected chi connectivity index (χ1v) is 5.76. The van der Waals surface area contributed by atoms with E-state index in [0.717, 1.165) is 6.08 Å². The van der Waals surface area contributed by atoms with Gasteiger partial charge in [-0.15, -0.1) is 0 Å². The minimum atomic E-state index is -1.38. The van der Waals surface area contributed by atoms with Crippen LogP contribution in [0.5, 0.6) is 0 Å². The van der Waals surface area contributed by atoms with Crippen LogP contribution in [0.3, 0.4) is 0 Å². The van der Waals surface area contributed by atoms with E-state index in [1.165, 1.54) is 0 Å². The van der Waals surface area contributed by atoms with Crippen LogP contribution in [0.4, 0.5) is 0 Å². The van der Waals surface area contributed by atoms with Crippen molar-refractivity contribution in [1.82, 2.24) is 5.32 Å². The van der Waals surface area contributed by atoms with Crippen molar-refractivity contribution in [1.29, 1.82) is 0 Å². The minimum absolute atomic E-state index is 0.0832.